The minimum atomic E-state index is -0.838. The Morgan fingerprint density at radius 3 is 2.15 bits per heavy atom. The Morgan fingerprint density at radius 1 is 1.12 bits per heavy atom. The van der Waals surface area contributed by atoms with Gasteiger partial charge in [0.25, 0.3) is 5.97 Å². The number of hydrogen-bond donors (Lipinski definition) is 1. The normalized spacial score (nSPS) is 19.1. The maximum atomic E-state index is 12.5. The number of hydrogen-bond acceptors (Lipinski definition) is 4. The summed E-state index contributed by atoms with van der Waals surface area (Å²) in [5.74, 6) is -0.285. The van der Waals surface area contributed by atoms with Crippen molar-refractivity contribution in [2.24, 2.45) is 0 Å². The molecule has 1 unspecified atom stereocenters. The van der Waals surface area contributed by atoms with Gasteiger partial charge in [0.05, 0.1) is 12.6 Å². The number of halogens is 2. The van der Waals surface area contributed by atoms with Crippen molar-refractivity contribution in [1.82, 2.24) is 4.90 Å². The van der Waals surface area contributed by atoms with Crippen LogP contribution in [0.1, 0.15) is 44.7 Å². The molecule has 2 aromatic carbocycles. The zero-order valence-corrected chi connectivity index (χ0v) is 21.7. The van der Waals surface area contributed by atoms with Gasteiger partial charge in [-0.25, -0.2) is 0 Å². The molecule has 3 atom stereocenters. The second kappa shape index (κ2) is 14.5. The van der Waals surface area contributed by atoms with Crippen LogP contribution in [0.4, 0.5) is 0 Å². The number of ether oxygens (including phenoxy) is 1. The summed E-state index contributed by atoms with van der Waals surface area (Å²) in [5, 5.41) is 9.22. The summed E-state index contributed by atoms with van der Waals surface area (Å²) >= 11 is 11.5. The molecule has 1 aliphatic carbocycles. The Morgan fingerprint density at radius 2 is 1.68 bits per heavy atom. The van der Waals surface area contributed by atoms with Crippen LogP contribution >= 0.6 is 23.2 Å². The topological polar surface area (TPSA) is 83.9 Å². The first-order valence-corrected chi connectivity index (χ1v) is 13.3. The van der Waals surface area contributed by atoms with Gasteiger partial charge in [0.2, 0.25) is 5.91 Å². The monoisotopic (exact) mass is 527 g/mol. The maximum absolute atomic E-state index is 12.5. The smallest absolute Gasteiger partial charge is 0.300 e. The Kier molecular flexibility index (Phi) is 12.0. The van der Waals surface area contributed by atoms with Crippen molar-refractivity contribution in [3.63, 3.8) is 0 Å². The molecule has 6 nitrogen and oxygen atoms in total. The van der Waals surface area contributed by atoms with Crippen LogP contribution in [0.25, 0.3) is 0 Å². The Balaban J connectivity index is 0.000000307. The van der Waals surface area contributed by atoms with Crippen LogP contribution in [0.3, 0.4) is 0 Å². The van der Waals surface area contributed by atoms with Crippen molar-refractivity contribution >= 4 is 45.9 Å². The van der Waals surface area contributed by atoms with Crippen LogP contribution in [0.2, 0.25) is 10.0 Å². The molecule has 2 fully saturated rings. The van der Waals surface area contributed by atoms with E-state index < -0.39 is 16.8 Å². The molecule has 186 valence electrons. The molecule has 1 heterocycles. The van der Waals surface area contributed by atoms with E-state index in [1.165, 1.54) is 0 Å². The first-order valence-electron chi connectivity index (χ1n) is 11.1. The molecule has 34 heavy (non-hydrogen) atoms. The summed E-state index contributed by atoms with van der Waals surface area (Å²) in [6, 6.07) is 16.8. The third kappa shape index (κ3) is 9.74. The zero-order valence-electron chi connectivity index (χ0n) is 19.4. The van der Waals surface area contributed by atoms with Gasteiger partial charge in [-0.2, -0.15) is 0 Å². The van der Waals surface area contributed by atoms with Crippen LogP contribution in [0.5, 0.6) is 0 Å². The first kappa shape index (κ1) is 28.3. The summed E-state index contributed by atoms with van der Waals surface area (Å²) in [7, 11) is -0.838. The van der Waals surface area contributed by atoms with Crippen LogP contribution < -0.4 is 0 Å². The number of carbonyl (C=O) groups is 2. The highest BCUT2D eigenvalue weighted by Crippen LogP contribution is 2.32. The molecule has 2 aliphatic rings. The third-order valence-corrected chi connectivity index (χ3v) is 7.66. The van der Waals surface area contributed by atoms with Crippen molar-refractivity contribution < 1.29 is 23.6 Å². The van der Waals surface area contributed by atoms with Gasteiger partial charge in [0, 0.05) is 44.8 Å². The summed E-state index contributed by atoms with van der Waals surface area (Å²) in [4.78, 5) is 23.4. The molecule has 1 aliphatic heterocycles. The zero-order chi connectivity index (χ0) is 25.1. The van der Waals surface area contributed by atoms with Gasteiger partial charge in [0.1, 0.15) is 6.61 Å². The number of nitrogens with zero attached hydrogens (tertiary/aromatic N) is 1. The Hall–Kier alpha value is -1.93. The summed E-state index contributed by atoms with van der Waals surface area (Å²) < 4.78 is 17.8. The maximum Gasteiger partial charge on any atom is 0.300 e. The van der Waals surface area contributed by atoms with Gasteiger partial charge in [-0.15, -0.1) is 0 Å². The van der Waals surface area contributed by atoms with E-state index in [1.54, 1.807) is 0 Å². The van der Waals surface area contributed by atoms with E-state index in [9.17, 15) is 9.00 Å². The number of benzene rings is 2. The molecule has 1 N–H and O–H groups in total. The van der Waals surface area contributed by atoms with Gasteiger partial charge in [0.15, 0.2) is 0 Å². The van der Waals surface area contributed by atoms with Gasteiger partial charge in [-0.05, 0) is 49.1 Å². The van der Waals surface area contributed by atoms with Gasteiger partial charge in [-0.1, -0.05) is 60.5 Å². The molecule has 4 rings (SSSR count). The van der Waals surface area contributed by atoms with E-state index in [4.69, 9.17) is 37.8 Å². The SMILES string of the molecule is CC(=O)O.CC[C@@H](CS(=O)C1CC1)N1C(=O)COC[C@H]1c1ccc(Cl)cc1.Clc1ccccc1. The van der Waals surface area contributed by atoms with E-state index in [0.717, 1.165) is 36.8 Å². The van der Waals surface area contributed by atoms with Crippen molar-refractivity contribution in [3.05, 3.63) is 70.2 Å². The third-order valence-electron chi connectivity index (χ3n) is 5.23. The Bertz CT molecular complexity index is 934. The molecule has 1 saturated carbocycles. The van der Waals surface area contributed by atoms with Crippen molar-refractivity contribution in [2.75, 3.05) is 19.0 Å². The minimum absolute atomic E-state index is 0.00601. The van der Waals surface area contributed by atoms with E-state index >= 15 is 0 Å². The molecule has 0 spiro atoms. The molecule has 1 saturated heterocycles. The molecule has 0 bridgehead atoms. The fourth-order valence-electron chi connectivity index (χ4n) is 3.45. The van der Waals surface area contributed by atoms with Crippen LogP contribution in [0.15, 0.2) is 54.6 Å². The van der Waals surface area contributed by atoms with Crippen LogP contribution in [-0.4, -0.2) is 56.4 Å². The Labute approximate surface area is 213 Å². The second-order valence-corrected chi connectivity index (χ2v) is 10.6. The van der Waals surface area contributed by atoms with Crippen molar-refractivity contribution in [3.8, 4) is 0 Å². The molecular weight excluding hydrogens is 497 g/mol. The van der Waals surface area contributed by atoms with Gasteiger partial charge < -0.3 is 14.7 Å². The lowest BCUT2D eigenvalue weighted by atomic mass is 10.0. The van der Waals surface area contributed by atoms with Crippen LogP contribution in [-0.2, 0) is 25.1 Å². The second-order valence-electron chi connectivity index (χ2n) is 8.01. The average Bonchev–Trinajstić information content (AvgIpc) is 3.64. The first-order chi connectivity index (χ1) is 16.2. The van der Waals surface area contributed by atoms with Crippen LogP contribution in [0, 0.1) is 0 Å². The lowest BCUT2D eigenvalue weighted by molar-refractivity contribution is -0.151. The molecule has 9 heteroatoms. The standard InChI is InChI=1S/C17H22ClNO3S.C6H5Cl.C2H4O2/c1-2-14(11-23(21)15-7-8-15)19-16(9-22-10-17(19)20)12-3-5-13(18)6-4-12;7-6-4-2-1-3-5-6;1-2(3)4/h3-6,14-16H,2,7-11H2,1H3;1-5H;1H3,(H,3,4)/t14-,16-,23?;;/m0../s1. The average molecular weight is 528 g/mol. The van der Waals surface area contributed by atoms with Gasteiger partial charge in [-0.3, -0.25) is 13.8 Å². The highest BCUT2D eigenvalue weighted by atomic mass is 35.5. The van der Waals surface area contributed by atoms with Gasteiger partial charge >= 0.3 is 0 Å². The predicted molar refractivity (Wildman–Crippen MR) is 137 cm³/mol. The minimum Gasteiger partial charge on any atom is -0.481 e. The van der Waals surface area contributed by atoms with E-state index in [-0.39, 0.29) is 24.6 Å². The van der Waals surface area contributed by atoms with E-state index in [0.29, 0.717) is 22.6 Å². The highest BCUT2D eigenvalue weighted by Gasteiger charge is 2.37. The fraction of sp³-hybridized carbons (Fsp3) is 0.440. The number of carbonyl (C=O) groups excluding carboxylic acids is 1. The number of carboxylic acid groups (broad SMARTS) is 1. The number of amides is 1. The summed E-state index contributed by atoms with van der Waals surface area (Å²) in [5.41, 5.74) is 1.01. The lowest BCUT2D eigenvalue weighted by Gasteiger charge is -2.41. The van der Waals surface area contributed by atoms with E-state index in [1.807, 2.05) is 59.5 Å². The molecular formula is C25H31Cl2NO5S. The number of rotatable bonds is 6. The largest absolute Gasteiger partial charge is 0.481 e. The predicted octanol–water partition coefficient (Wildman–Crippen LogP) is 5.36. The number of morpholine rings is 1. The van der Waals surface area contributed by atoms with Crippen molar-refractivity contribution in [1.29, 1.82) is 0 Å². The molecule has 0 aromatic heterocycles. The number of carboxylic acids is 1. The quantitative estimate of drug-likeness (QED) is 0.546. The van der Waals surface area contributed by atoms with Crippen molar-refractivity contribution in [2.45, 2.75) is 50.4 Å². The fourth-order valence-corrected chi connectivity index (χ4v) is 5.43. The summed E-state index contributed by atoms with van der Waals surface area (Å²) in [6.45, 7) is 3.72. The molecule has 0 radical (unpaired) electrons. The number of aliphatic carboxylic acids is 1. The molecule has 1 amide bonds. The molecule has 2 aromatic rings. The highest BCUT2D eigenvalue weighted by molar-refractivity contribution is 7.86. The van der Waals surface area contributed by atoms with E-state index in [2.05, 4.69) is 6.92 Å². The summed E-state index contributed by atoms with van der Waals surface area (Å²) in [6.07, 6.45) is 2.91. The lowest BCUT2D eigenvalue weighted by Crippen LogP contribution is -2.51.